The summed E-state index contributed by atoms with van der Waals surface area (Å²) in [6.45, 7) is 4.84. The number of amides is 2. The number of amidine groups is 1. The molecule has 0 radical (unpaired) electrons. The summed E-state index contributed by atoms with van der Waals surface area (Å²) in [4.78, 5) is 31.8. The Balaban J connectivity index is 1.72. The first kappa shape index (κ1) is 24.7. The Morgan fingerprint density at radius 1 is 1.15 bits per heavy atom. The molecule has 0 bridgehead atoms. The summed E-state index contributed by atoms with van der Waals surface area (Å²) in [5.41, 5.74) is 1.12. The molecule has 8 nitrogen and oxygen atoms in total. The highest BCUT2D eigenvalue weighted by Crippen LogP contribution is 2.37. The van der Waals surface area contributed by atoms with Gasteiger partial charge in [-0.05, 0) is 38.1 Å². The number of thioether (sulfide) groups is 1. The van der Waals surface area contributed by atoms with Gasteiger partial charge in [0.1, 0.15) is 22.5 Å². The van der Waals surface area contributed by atoms with E-state index in [9.17, 15) is 9.59 Å². The number of nitrogens with zero attached hydrogens (tertiary/aromatic N) is 2. The van der Waals surface area contributed by atoms with Gasteiger partial charge in [-0.3, -0.25) is 14.5 Å². The molecule has 1 saturated heterocycles. The SMILES string of the molecule is CCOc1ccc(N=C2S[C@@H](CC(=O)Nc3cc(OC)c(Cl)cc3OC)C(=O)N2CC)cc1. The molecule has 1 atom stereocenters. The zero-order valence-corrected chi connectivity index (χ0v) is 20.5. The molecule has 0 spiro atoms. The van der Waals surface area contributed by atoms with E-state index in [2.05, 4.69) is 10.3 Å². The lowest BCUT2D eigenvalue weighted by Crippen LogP contribution is -2.33. The third-order valence-electron chi connectivity index (χ3n) is 4.83. The molecule has 1 aliphatic rings. The number of rotatable bonds is 9. The van der Waals surface area contributed by atoms with Gasteiger partial charge in [-0.25, -0.2) is 4.99 Å². The van der Waals surface area contributed by atoms with Gasteiger partial charge in [0.15, 0.2) is 5.17 Å². The van der Waals surface area contributed by atoms with Crippen LogP contribution in [0.3, 0.4) is 0 Å². The number of anilines is 1. The van der Waals surface area contributed by atoms with Crippen molar-refractivity contribution in [3.05, 3.63) is 41.4 Å². The summed E-state index contributed by atoms with van der Waals surface area (Å²) in [7, 11) is 2.96. The summed E-state index contributed by atoms with van der Waals surface area (Å²) < 4.78 is 16.0. The van der Waals surface area contributed by atoms with Crippen LogP contribution in [0.25, 0.3) is 0 Å². The number of aliphatic imine (C=N–C) groups is 1. The van der Waals surface area contributed by atoms with Crippen LogP contribution >= 0.6 is 23.4 Å². The predicted octanol–water partition coefficient (Wildman–Crippen LogP) is 4.74. The fourth-order valence-corrected chi connectivity index (χ4v) is 4.69. The Morgan fingerprint density at radius 2 is 1.85 bits per heavy atom. The monoisotopic (exact) mass is 491 g/mol. The number of carbonyl (C=O) groups is 2. The minimum atomic E-state index is -0.577. The van der Waals surface area contributed by atoms with Crippen LogP contribution < -0.4 is 19.5 Å². The zero-order chi connectivity index (χ0) is 24.0. The van der Waals surface area contributed by atoms with E-state index in [-0.39, 0.29) is 18.2 Å². The Morgan fingerprint density at radius 3 is 2.45 bits per heavy atom. The molecule has 10 heteroatoms. The Hall–Kier alpha value is -2.91. The smallest absolute Gasteiger partial charge is 0.242 e. The van der Waals surface area contributed by atoms with E-state index in [1.54, 1.807) is 17.0 Å². The van der Waals surface area contributed by atoms with E-state index >= 15 is 0 Å². The van der Waals surface area contributed by atoms with Gasteiger partial charge in [0.2, 0.25) is 11.8 Å². The highest BCUT2D eigenvalue weighted by molar-refractivity contribution is 8.15. The second-order valence-electron chi connectivity index (χ2n) is 6.95. The molecule has 0 aliphatic carbocycles. The lowest BCUT2D eigenvalue weighted by molar-refractivity contribution is -0.128. The van der Waals surface area contributed by atoms with Gasteiger partial charge in [0.05, 0.1) is 37.2 Å². The average Bonchev–Trinajstić information content (AvgIpc) is 3.09. The second kappa shape index (κ2) is 11.3. The highest BCUT2D eigenvalue weighted by Gasteiger charge is 2.38. The van der Waals surface area contributed by atoms with Crippen molar-refractivity contribution in [3.63, 3.8) is 0 Å². The van der Waals surface area contributed by atoms with E-state index < -0.39 is 5.25 Å². The third-order valence-corrected chi connectivity index (χ3v) is 6.30. The largest absolute Gasteiger partial charge is 0.495 e. The average molecular weight is 492 g/mol. The van der Waals surface area contributed by atoms with Crippen molar-refractivity contribution < 1.29 is 23.8 Å². The van der Waals surface area contributed by atoms with Crippen molar-refractivity contribution in [1.82, 2.24) is 4.90 Å². The molecule has 2 aromatic rings. The van der Waals surface area contributed by atoms with Crippen LogP contribution in [0.4, 0.5) is 11.4 Å². The van der Waals surface area contributed by atoms with Crippen molar-refractivity contribution in [2.45, 2.75) is 25.5 Å². The summed E-state index contributed by atoms with van der Waals surface area (Å²) in [5, 5.41) is 3.14. The van der Waals surface area contributed by atoms with Crippen molar-refractivity contribution in [2.75, 3.05) is 32.7 Å². The lowest BCUT2D eigenvalue weighted by atomic mass is 10.2. The van der Waals surface area contributed by atoms with Gasteiger partial charge >= 0.3 is 0 Å². The quantitative estimate of drug-likeness (QED) is 0.545. The summed E-state index contributed by atoms with van der Waals surface area (Å²) >= 11 is 7.40. The van der Waals surface area contributed by atoms with Crippen molar-refractivity contribution in [3.8, 4) is 17.2 Å². The van der Waals surface area contributed by atoms with Gasteiger partial charge in [0, 0.05) is 25.1 Å². The molecule has 1 N–H and O–H groups in total. The normalized spacial score (nSPS) is 16.8. The number of halogens is 1. The van der Waals surface area contributed by atoms with E-state index in [1.807, 2.05) is 38.1 Å². The first-order valence-corrected chi connectivity index (χ1v) is 11.7. The molecule has 0 saturated carbocycles. The standard InChI is InChI=1S/C23H26ClN3O5S/c1-5-27-22(29)20(33-23(27)25-14-7-9-15(10-8-14)32-6-2)13-21(28)26-17-12-18(30-3)16(24)11-19(17)31-4/h7-12,20H,5-6,13H2,1-4H3,(H,26,28)/t20-/m0/s1. The first-order chi connectivity index (χ1) is 15.9. The number of nitrogens with one attached hydrogen (secondary N) is 1. The molecule has 33 heavy (non-hydrogen) atoms. The molecular weight excluding hydrogens is 466 g/mol. The Kier molecular flexibility index (Phi) is 8.46. The van der Waals surface area contributed by atoms with Gasteiger partial charge in [0.25, 0.3) is 0 Å². The zero-order valence-electron chi connectivity index (χ0n) is 18.9. The van der Waals surface area contributed by atoms with Gasteiger partial charge < -0.3 is 19.5 Å². The number of hydrogen-bond acceptors (Lipinski definition) is 7. The van der Waals surface area contributed by atoms with Crippen LogP contribution in [-0.2, 0) is 9.59 Å². The Bertz CT molecular complexity index is 1050. The van der Waals surface area contributed by atoms with Crippen molar-refractivity contribution >= 4 is 51.7 Å². The summed E-state index contributed by atoms with van der Waals surface area (Å²) in [5.74, 6) is 1.08. The fourth-order valence-electron chi connectivity index (χ4n) is 3.24. The lowest BCUT2D eigenvalue weighted by Gasteiger charge is -2.14. The van der Waals surface area contributed by atoms with Crippen LogP contribution in [0.15, 0.2) is 41.4 Å². The molecule has 2 amide bonds. The van der Waals surface area contributed by atoms with Gasteiger partial charge in [-0.15, -0.1) is 0 Å². The molecule has 1 heterocycles. The second-order valence-corrected chi connectivity index (χ2v) is 8.53. The van der Waals surface area contributed by atoms with Crippen LogP contribution in [0.1, 0.15) is 20.3 Å². The highest BCUT2D eigenvalue weighted by atomic mass is 35.5. The van der Waals surface area contributed by atoms with E-state index in [0.29, 0.717) is 46.2 Å². The maximum Gasteiger partial charge on any atom is 0.242 e. The maximum atomic E-state index is 12.9. The van der Waals surface area contributed by atoms with Crippen LogP contribution in [0.5, 0.6) is 17.2 Å². The van der Waals surface area contributed by atoms with Crippen LogP contribution in [-0.4, -0.2) is 54.5 Å². The number of methoxy groups -OCH3 is 2. The number of hydrogen-bond donors (Lipinski definition) is 1. The number of ether oxygens (including phenoxy) is 3. The van der Waals surface area contributed by atoms with E-state index in [0.717, 1.165) is 5.75 Å². The summed E-state index contributed by atoms with van der Waals surface area (Å²) in [6, 6.07) is 10.5. The maximum absolute atomic E-state index is 12.9. The molecule has 0 aromatic heterocycles. The summed E-state index contributed by atoms with van der Waals surface area (Å²) in [6.07, 6.45) is -0.0175. The van der Waals surface area contributed by atoms with E-state index in [1.165, 1.54) is 26.0 Å². The third kappa shape index (κ3) is 5.91. The number of carbonyl (C=O) groups excluding carboxylic acids is 2. The minimum absolute atomic E-state index is 0.0175. The minimum Gasteiger partial charge on any atom is -0.495 e. The van der Waals surface area contributed by atoms with Gasteiger partial charge in [-0.2, -0.15) is 0 Å². The topological polar surface area (TPSA) is 89.5 Å². The van der Waals surface area contributed by atoms with Crippen LogP contribution in [0, 0.1) is 0 Å². The molecule has 176 valence electrons. The predicted molar refractivity (Wildman–Crippen MR) is 131 cm³/mol. The van der Waals surface area contributed by atoms with Crippen molar-refractivity contribution in [1.29, 1.82) is 0 Å². The molecule has 1 aliphatic heterocycles. The van der Waals surface area contributed by atoms with Gasteiger partial charge in [-0.1, -0.05) is 23.4 Å². The van der Waals surface area contributed by atoms with E-state index in [4.69, 9.17) is 25.8 Å². The van der Waals surface area contributed by atoms with Crippen molar-refractivity contribution in [2.24, 2.45) is 4.99 Å². The molecular formula is C23H26ClN3O5S. The van der Waals surface area contributed by atoms with Crippen LogP contribution in [0.2, 0.25) is 5.02 Å². The molecule has 0 unspecified atom stereocenters. The fraction of sp³-hybridized carbons (Fsp3) is 0.348. The number of benzene rings is 2. The first-order valence-electron chi connectivity index (χ1n) is 10.4. The molecule has 3 rings (SSSR count). The Labute approximate surface area is 202 Å². The molecule has 2 aromatic carbocycles. The molecule has 1 fully saturated rings.